The van der Waals surface area contributed by atoms with Crippen molar-refractivity contribution in [2.45, 2.75) is 32.7 Å². The number of para-hydroxylation sites is 1. The van der Waals surface area contributed by atoms with Gasteiger partial charge in [0.25, 0.3) is 5.91 Å². The van der Waals surface area contributed by atoms with Crippen molar-refractivity contribution in [3.05, 3.63) is 57.7 Å². The van der Waals surface area contributed by atoms with Crippen LogP contribution in [-0.2, 0) is 4.79 Å². The highest BCUT2D eigenvalue weighted by molar-refractivity contribution is 14.1. The molecule has 0 unspecified atom stereocenters. The predicted molar refractivity (Wildman–Crippen MR) is 136 cm³/mol. The number of hydrogen-bond acceptors (Lipinski definition) is 4. The first kappa shape index (κ1) is 24.5. The molecule has 3 rings (SSSR count). The molecule has 2 aromatic rings. The third-order valence-electron chi connectivity index (χ3n) is 5.99. The largest absolute Gasteiger partial charge is 0.497 e. The van der Waals surface area contributed by atoms with Crippen LogP contribution in [0.1, 0.15) is 37.0 Å². The molecule has 1 aliphatic rings. The molecule has 172 valence electrons. The number of carbonyl (C=O) groups excluding carboxylic acids is 2. The molecular weight excluding hydrogens is 517 g/mol. The minimum atomic E-state index is -0.211. The molecule has 2 amide bonds. The summed E-state index contributed by atoms with van der Waals surface area (Å²) in [7, 11) is 1.59. The number of nitrogens with zero attached hydrogens (tertiary/aromatic N) is 2. The zero-order valence-corrected chi connectivity index (χ0v) is 21.2. The Morgan fingerprint density at radius 2 is 1.78 bits per heavy atom. The number of halogens is 1. The molecule has 1 saturated heterocycles. The van der Waals surface area contributed by atoms with Crippen LogP contribution < -0.4 is 15.0 Å². The van der Waals surface area contributed by atoms with Crippen LogP contribution in [0.15, 0.2) is 48.5 Å². The standard InChI is InChI=1S/C25H32IN3O3/c1-18(2)28-14-12-19(13-15-28)16-27-24(30)17-29(23-7-5-4-6-22(23)26)25(31)20-8-10-21(32-3)11-9-20/h4-11,18-19H,12-17H2,1-3H3,(H,27,30). The average molecular weight is 549 g/mol. The Balaban J connectivity index is 1.67. The topological polar surface area (TPSA) is 61.9 Å². The highest BCUT2D eigenvalue weighted by Gasteiger charge is 2.24. The summed E-state index contributed by atoms with van der Waals surface area (Å²) in [6, 6.07) is 15.1. The summed E-state index contributed by atoms with van der Waals surface area (Å²) < 4.78 is 6.11. The minimum absolute atomic E-state index is 0.0181. The van der Waals surface area contributed by atoms with Crippen LogP contribution in [-0.4, -0.2) is 56.0 Å². The molecule has 0 spiro atoms. The van der Waals surface area contributed by atoms with Gasteiger partial charge in [-0.1, -0.05) is 12.1 Å². The van der Waals surface area contributed by atoms with E-state index in [-0.39, 0.29) is 18.4 Å². The molecule has 0 radical (unpaired) electrons. The summed E-state index contributed by atoms with van der Waals surface area (Å²) in [6.45, 7) is 7.23. The van der Waals surface area contributed by atoms with Crippen LogP contribution in [0.2, 0.25) is 0 Å². The van der Waals surface area contributed by atoms with Gasteiger partial charge in [-0.15, -0.1) is 0 Å². The maximum Gasteiger partial charge on any atom is 0.258 e. The number of rotatable bonds is 8. The summed E-state index contributed by atoms with van der Waals surface area (Å²) in [5, 5.41) is 3.07. The SMILES string of the molecule is COc1ccc(C(=O)N(CC(=O)NCC2CCN(C(C)C)CC2)c2ccccc2I)cc1. The smallest absolute Gasteiger partial charge is 0.258 e. The first-order valence-electron chi connectivity index (χ1n) is 11.1. The molecule has 32 heavy (non-hydrogen) atoms. The molecule has 0 atom stereocenters. The van der Waals surface area contributed by atoms with E-state index < -0.39 is 0 Å². The summed E-state index contributed by atoms with van der Waals surface area (Å²) in [5.41, 5.74) is 1.24. The van der Waals surface area contributed by atoms with Crippen molar-refractivity contribution in [1.29, 1.82) is 0 Å². The zero-order valence-electron chi connectivity index (χ0n) is 19.0. The third kappa shape index (κ3) is 6.45. The first-order valence-corrected chi connectivity index (χ1v) is 12.2. The van der Waals surface area contributed by atoms with Gasteiger partial charge >= 0.3 is 0 Å². The van der Waals surface area contributed by atoms with E-state index in [0.717, 1.165) is 35.2 Å². The van der Waals surface area contributed by atoms with Crippen LogP contribution in [0.4, 0.5) is 5.69 Å². The molecule has 1 aliphatic heterocycles. The lowest BCUT2D eigenvalue weighted by atomic mass is 9.96. The fourth-order valence-electron chi connectivity index (χ4n) is 3.96. The van der Waals surface area contributed by atoms with Crippen molar-refractivity contribution >= 4 is 40.1 Å². The number of anilines is 1. The number of methoxy groups -OCH3 is 1. The van der Waals surface area contributed by atoms with E-state index in [1.165, 1.54) is 0 Å². The molecule has 1 fully saturated rings. The van der Waals surface area contributed by atoms with E-state index in [1.54, 1.807) is 36.3 Å². The van der Waals surface area contributed by atoms with Gasteiger partial charge in [0.1, 0.15) is 12.3 Å². The van der Waals surface area contributed by atoms with Gasteiger partial charge in [0.05, 0.1) is 12.8 Å². The Labute approximate surface area is 204 Å². The number of hydrogen-bond donors (Lipinski definition) is 1. The van der Waals surface area contributed by atoms with E-state index >= 15 is 0 Å². The van der Waals surface area contributed by atoms with Crippen molar-refractivity contribution < 1.29 is 14.3 Å². The fourth-order valence-corrected chi connectivity index (χ4v) is 4.64. The number of piperidine rings is 1. The molecule has 2 aromatic carbocycles. The zero-order chi connectivity index (χ0) is 23.1. The Bertz CT molecular complexity index is 909. The number of nitrogens with one attached hydrogen (secondary N) is 1. The molecule has 0 aliphatic carbocycles. The van der Waals surface area contributed by atoms with Crippen LogP contribution >= 0.6 is 22.6 Å². The maximum absolute atomic E-state index is 13.3. The lowest BCUT2D eigenvalue weighted by Gasteiger charge is -2.34. The lowest BCUT2D eigenvalue weighted by Crippen LogP contribution is -2.44. The third-order valence-corrected chi connectivity index (χ3v) is 6.91. The molecular formula is C25H32IN3O3. The Morgan fingerprint density at radius 3 is 2.38 bits per heavy atom. The van der Waals surface area contributed by atoms with Gasteiger partial charge in [0, 0.05) is 21.7 Å². The van der Waals surface area contributed by atoms with Crippen molar-refractivity contribution in [3.8, 4) is 5.75 Å². The summed E-state index contributed by atoms with van der Waals surface area (Å²) in [4.78, 5) is 30.2. The van der Waals surface area contributed by atoms with Crippen LogP contribution in [0.3, 0.4) is 0 Å². The number of likely N-dealkylation sites (tertiary alicyclic amines) is 1. The minimum Gasteiger partial charge on any atom is -0.497 e. The number of benzene rings is 2. The van der Waals surface area contributed by atoms with E-state index in [1.807, 2.05) is 24.3 Å². The fraction of sp³-hybridized carbons (Fsp3) is 0.440. The molecule has 1 heterocycles. The lowest BCUT2D eigenvalue weighted by molar-refractivity contribution is -0.120. The van der Waals surface area contributed by atoms with Crippen molar-refractivity contribution in [1.82, 2.24) is 10.2 Å². The second-order valence-corrected chi connectivity index (χ2v) is 9.61. The second-order valence-electron chi connectivity index (χ2n) is 8.45. The van der Waals surface area contributed by atoms with Crippen molar-refractivity contribution in [2.75, 3.05) is 38.2 Å². The monoisotopic (exact) mass is 549 g/mol. The second kappa shape index (κ2) is 11.7. The van der Waals surface area contributed by atoms with Gasteiger partial charge < -0.3 is 15.0 Å². The quantitative estimate of drug-likeness (QED) is 0.502. The van der Waals surface area contributed by atoms with E-state index in [0.29, 0.717) is 29.8 Å². The Morgan fingerprint density at radius 1 is 1.12 bits per heavy atom. The van der Waals surface area contributed by atoms with E-state index in [2.05, 4.69) is 46.7 Å². The van der Waals surface area contributed by atoms with Gasteiger partial charge in [-0.05, 0) is 105 Å². The van der Waals surface area contributed by atoms with E-state index in [9.17, 15) is 9.59 Å². The van der Waals surface area contributed by atoms with Crippen molar-refractivity contribution in [3.63, 3.8) is 0 Å². The molecule has 7 heteroatoms. The van der Waals surface area contributed by atoms with Crippen molar-refractivity contribution in [2.24, 2.45) is 5.92 Å². The first-order chi connectivity index (χ1) is 15.4. The van der Waals surface area contributed by atoms with Gasteiger partial charge in [-0.25, -0.2) is 0 Å². The van der Waals surface area contributed by atoms with Gasteiger partial charge in [-0.2, -0.15) is 0 Å². The van der Waals surface area contributed by atoms with Gasteiger partial charge in [0.15, 0.2) is 0 Å². The Hall–Kier alpha value is -2.13. The normalized spacial score (nSPS) is 14.9. The highest BCUT2D eigenvalue weighted by Crippen LogP contribution is 2.25. The number of carbonyl (C=O) groups is 2. The van der Waals surface area contributed by atoms with E-state index in [4.69, 9.17) is 4.74 Å². The van der Waals surface area contributed by atoms with Crippen LogP contribution in [0, 0.1) is 9.49 Å². The average Bonchev–Trinajstić information content (AvgIpc) is 2.81. The Kier molecular flexibility index (Phi) is 8.92. The molecule has 6 nitrogen and oxygen atoms in total. The molecule has 0 aromatic heterocycles. The molecule has 1 N–H and O–H groups in total. The number of ether oxygens (including phenoxy) is 1. The van der Waals surface area contributed by atoms with Crippen LogP contribution in [0.5, 0.6) is 5.75 Å². The molecule has 0 bridgehead atoms. The van der Waals surface area contributed by atoms with Gasteiger partial charge in [0.2, 0.25) is 5.91 Å². The predicted octanol–water partition coefficient (Wildman–Crippen LogP) is 4.18. The number of amides is 2. The van der Waals surface area contributed by atoms with Crippen LogP contribution in [0.25, 0.3) is 0 Å². The summed E-state index contributed by atoms with van der Waals surface area (Å²) in [5.74, 6) is 0.815. The van der Waals surface area contributed by atoms with Gasteiger partial charge in [-0.3, -0.25) is 14.5 Å². The highest BCUT2D eigenvalue weighted by atomic mass is 127. The molecule has 0 saturated carbocycles. The summed E-state index contributed by atoms with van der Waals surface area (Å²) in [6.07, 6.45) is 2.17. The summed E-state index contributed by atoms with van der Waals surface area (Å²) >= 11 is 2.20. The maximum atomic E-state index is 13.3.